The van der Waals surface area contributed by atoms with Gasteiger partial charge in [0.25, 0.3) is 5.91 Å². The van der Waals surface area contributed by atoms with Crippen LogP contribution in [-0.4, -0.2) is 59.8 Å². The number of aromatic nitrogens is 1. The summed E-state index contributed by atoms with van der Waals surface area (Å²) < 4.78 is 45.7. The average molecular weight is 696 g/mol. The van der Waals surface area contributed by atoms with Gasteiger partial charge in [0.15, 0.2) is 40.3 Å². The van der Waals surface area contributed by atoms with Crippen molar-refractivity contribution in [2.75, 3.05) is 54.1 Å². The van der Waals surface area contributed by atoms with Crippen molar-refractivity contribution in [1.29, 1.82) is 0 Å². The van der Waals surface area contributed by atoms with Gasteiger partial charge in [-0.1, -0.05) is 28.9 Å². The number of nitrogens with zero attached hydrogens (tertiary/aromatic N) is 1. The number of amides is 1. The molecule has 51 heavy (non-hydrogen) atoms. The van der Waals surface area contributed by atoms with Gasteiger partial charge in [-0.05, 0) is 73.9 Å². The Morgan fingerprint density at radius 3 is 2.06 bits per heavy atom. The third kappa shape index (κ3) is 7.45. The van der Waals surface area contributed by atoms with Crippen LogP contribution in [-0.2, 0) is 0 Å². The van der Waals surface area contributed by atoms with Crippen molar-refractivity contribution in [3.63, 3.8) is 0 Å². The second-order valence-electron chi connectivity index (χ2n) is 11.7. The predicted octanol–water partition coefficient (Wildman–Crippen LogP) is 7.45. The first kappa shape index (κ1) is 34.8. The summed E-state index contributed by atoms with van der Waals surface area (Å²) in [7, 11) is 7.87. The Bertz CT molecular complexity index is 1980. The number of para-hydroxylation sites is 1. The van der Waals surface area contributed by atoms with Crippen LogP contribution in [0.3, 0.4) is 0 Å². The zero-order chi connectivity index (χ0) is 35.9. The minimum atomic E-state index is -0.393. The maximum Gasteiger partial charge on any atom is 0.255 e. The maximum absolute atomic E-state index is 12.7. The molecule has 1 aromatic heterocycles. The molecule has 4 aromatic carbocycles. The lowest BCUT2D eigenvalue weighted by Gasteiger charge is -2.28. The molecule has 0 saturated carbocycles. The second-order valence-corrected chi connectivity index (χ2v) is 11.7. The maximum atomic E-state index is 12.7. The van der Waals surface area contributed by atoms with Crippen molar-refractivity contribution in [2.24, 2.45) is 0 Å². The fraction of sp³-hybridized carbons (Fsp3) is 0.282. The smallest absolute Gasteiger partial charge is 0.255 e. The van der Waals surface area contributed by atoms with Crippen LogP contribution >= 0.6 is 0 Å². The number of benzene rings is 4. The third-order valence-electron chi connectivity index (χ3n) is 8.49. The number of nitrogens with one attached hydrogen (secondary N) is 2. The van der Waals surface area contributed by atoms with Crippen LogP contribution in [0.4, 0.5) is 5.69 Å². The molecule has 0 radical (unpaired) electrons. The molecule has 5 aromatic rings. The predicted molar refractivity (Wildman–Crippen MR) is 192 cm³/mol. The summed E-state index contributed by atoms with van der Waals surface area (Å²) in [6.45, 7) is 2.87. The molecule has 2 heterocycles. The van der Waals surface area contributed by atoms with E-state index in [0.717, 1.165) is 35.2 Å². The molecule has 1 aliphatic rings. The van der Waals surface area contributed by atoms with Crippen LogP contribution < -0.4 is 43.8 Å². The summed E-state index contributed by atoms with van der Waals surface area (Å²) in [6, 6.07) is 22.5. The summed E-state index contributed by atoms with van der Waals surface area (Å²) in [5.74, 6) is 4.22. The van der Waals surface area contributed by atoms with Crippen molar-refractivity contribution in [3.05, 3.63) is 89.5 Å². The van der Waals surface area contributed by atoms with Gasteiger partial charge in [-0.2, -0.15) is 0 Å². The Labute approximate surface area is 296 Å². The highest BCUT2D eigenvalue weighted by Gasteiger charge is 2.26. The van der Waals surface area contributed by atoms with E-state index in [1.807, 2.05) is 79.7 Å². The van der Waals surface area contributed by atoms with E-state index < -0.39 is 6.17 Å². The summed E-state index contributed by atoms with van der Waals surface area (Å²) in [5, 5.41) is 10.7. The molecule has 2 N–H and O–H groups in total. The standard InChI is InChI=1S/C39H41N3O9/c1-23-12-14-28-27(18-23)39(43)41-38(40-28)24-13-15-30(33(19-24)44-2)49-16-7-8-17-50-31-11-9-10-26(36(31)47-5)32-22-29(42-51-32)25-20-34(45-3)37(48-6)35(21-25)46-4/h9-15,18-22,38,40H,7-8,16-17H2,1-6H3,(H,41,43). The molecule has 1 amide bonds. The second kappa shape index (κ2) is 15.7. The number of hydrogen-bond acceptors (Lipinski definition) is 11. The van der Waals surface area contributed by atoms with E-state index in [-0.39, 0.29) is 5.91 Å². The lowest BCUT2D eigenvalue weighted by atomic mass is 10.0. The quantitative estimate of drug-likeness (QED) is 0.106. The van der Waals surface area contributed by atoms with Crippen molar-refractivity contribution in [2.45, 2.75) is 25.9 Å². The number of rotatable bonds is 15. The Morgan fingerprint density at radius 2 is 1.37 bits per heavy atom. The highest BCUT2D eigenvalue weighted by molar-refractivity contribution is 6.02. The Morgan fingerprint density at radius 1 is 0.667 bits per heavy atom. The van der Waals surface area contributed by atoms with E-state index in [0.29, 0.717) is 76.0 Å². The number of anilines is 1. The first-order valence-corrected chi connectivity index (χ1v) is 16.4. The molecule has 12 heteroatoms. The molecular formula is C39H41N3O9. The number of fused-ring (bicyclic) bond motifs is 1. The topological polar surface area (TPSA) is 132 Å². The number of hydrogen-bond donors (Lipinski definition) is 2. The highest BCUT2D eigenvalue weighted by atomic mass is 16.5. The van der Waals surface area contributed by atoms with E-state index in [2.05, 4.69) is 15.8 Å². The fourth-order valence-corrected chi connectivity index (χ4v) is 5.89. The molecule has 0 aliphatic carbocycles. The first-order valence-electron chi connectivity index (χ1n) is 16.4. The van der Waals surface area contributed by atoms with E-state index in [1.165, 1.54) is 0 Å². The molecule has 266 valence electrons. The van der Waals surface area contributed by atoms with Crippen LogP contribution in [0.5, 0.6) is 40.2 Å². The van der Waals surface area contributed by atoms with E-state index in [1.54, 1.807) is 35.5 Å². The van der Waals surface area contributed by atoms with Crippen LogP contribution in [0.15, 0.2) is 77.3 Å². The minimum Gasteiger partial charge on any atom is -0.493 e. The van der Waals surface area contributed by atoms with Gasteiger partial charge in [0.2, 0.25) is 5.75 Å². The zero-order valence-electron chi connectivity index (χ0n) is 29.5. The van der Waals surface area contributed by atoms with Gasteiger partial charge < -0.3 is 48.3 Å². The van der Waals surface area contributed by atoms with E-state index >= 15 is 0 Å². The fourth-order valence-electron chi connectivity index (χ4n) is 5.89. The lowest BCUT2D eigenvalue weighted by molar-refractivity contribution is 0.0935. The first-order chi connectivity index (χ1) is 24.9. The summed E-state index contributed by atoms with van der Waals surface area (Å²) in [5.41, 5.74) is 5.32. The van der Waals surface area contributed by atoms with Crippen molar-refractivity contribution >= 4 is 11.6 Å². The van der Waals surface area contributed by atoms with Gasteiger partial charge in [-0.3, -0.25) is 4.79 Å². The number of carbonyl (C=O) groups is 1. The van der Waals surface area contributed by atoms with Gasteiger partial charge in [0.05, 0.1) is 59.9 Å². The molecule has 0 fully saturated rings. The monoisotopic (exact) mass is 695 g/mol. The van der Waals surface area contributed by atoms with Gasteiger partial charge in [-0.15, -0.1) is 0 Å². The molecule has 1 atom stereocenters. The van der Waals surface area contributed by atoms with Crippen LogP contribution in [0, 0.1) is 6.92 Å². The molecule has 0 spiro atoms. The molecule has 6 rings (SSSR count). The lowest BCUT2D eigenvalue weighted by Crippen LogP contribution is -2.38. The Hall–Kier alpha value is -6.04. The van der Waals surface area contributed by atoms with Gasteiger partial charge in [0, 0.05) is 17.3 Å². The van der Waals surface area contributed by atoms with Crippen LogP contribution in [0.25, 0.3) is 22.6 Å². The van der Waals surface area contributed by atoms with Gasteiger partial charge in [-0.25, -0.2) is 0 Å². The number of ether oxygens (including phenoxy) is 7. The van der Waals surface area contributed by atoms with Crippen molar-refractivity contribution in [3.8, 4) is 62.8 Å². The van der Waals surface area contributed by atoms with Crippen LogP contribution in [0.1, 0.15) is 40.5 Å². The summed E-state index contributed by atoms with van der Waals surface area (Å²) in [4.78, 5) is 12.7. The largest absolute Gasteiger partial charge is 0.493 e. The average Bonchev–Trinajstić information content (AvgIpc) is 3.66. The number of carbonyl (C=O) groups excluding carboxylic acids is 1. The molecule has 12 nitrogen and oxygen atoms in total. The molecule has 0 saturated heterocycles. The molecule has 1 aliphatic heterocycles. The summed E-state index contributed by atoms with van der Waals surface area (Å²) in [6.07, 6.45) is 1.08. The third-order valence-corrected chi connectivity index (χ3v) is 8.49. The summed E-state index contributed by atoms with van der Waals surface area (Å²) >= 11 is 0. The number of unbranched alkanes of at least 4 members (excludes halogenated alkanes) is 1. The van der Waals surface area contributed by atoms with E-state index in [4.69, 9.17) is 37.7 Å². The number of aryl methyl sites for hydroxylation is 1. The van der Waals surface area contributed by atoms with Crippen molar-refractivity contribution in [1.82, 2.24) is 10.5 Å². The molecular weight excluding hydrogens is 654 g/mol. The van der Waals surface area contributed by atoms with Gasteiger partial charge in [0.1, 0.15) is 11.9 Å². The van der Waals surface area contributed by atoms with Crippen molar-refractivity contribution < 1.29 is 42.5 Å². The number of methoxy groups -OCH3 is 5. The van der Waals surface area contributed by atoms with Gasteiger partial charge >= 0.3 is 0 Å². The van der Waals surface area contributed by atoms with Crippen LogP contribution in [0.2, 0.25) is 0 Å². The van der Waals surface area contributed by atoms with E-state index in [9.17, 15) is 4.79 Å². The minimum absolute atomic E-state index is 0.122. The highest BCUT2D eigenvalue weighted by Crippen LogP contribution is 2.43. The molecule has 1 unspecified atom stereocenters. The Kier molecular flexibility index (Phi) is 10.7. The zero-order valence-corrected chi connectivity index (χ0v) is 29.5. The SMILES string of the molecule is COc1cc(C2NC(=O)c3cc(C)ccc3N2)ccc1OCCCCOc1cccc(-c2cc(-c3cc(OC)c(OC)c(OC)c3)no2)c1OC. The normalized spacial score (nSPS) is 13.4. The molecule has 0 bridgehead atoms. The Balaban J connectivity index is 1.04.